The van der Waals surface area contributed by atoms with E-state index in [1.807, 2.05) is 6.92 Å². The van der Waals surface area contributed by atoms with Crippen molar-refractivity contribution in [2.24, 2.45) is 0 Å². The molecule has 0 aliphatic carbocycles. The minimum atomic E-state index is 0. The molecule has 0 rings (SSSR count). The smallest absolute Gasteiger partial charge is 0.154 e. The van der Waals surface area contributed by atoms with E-state index in [0.29, 0.717) is 0 Å². The second-order valence-corrected chi connectivity index (χ2v) is 1.34. The highest BCUT2D eigenvalue weighted by Gasteiger charge is 1.55. The molecule has 0 radical (unpaired) electrons. The van der Waals surface area contributed by atoms with E-state index in [0.717, 1.165) is 6.16 Å². The second-order valence-electron chi connectivity index (χ2n) is 0.445. The molecule has 0 N–H and O–H groups in total. The van der Waals surface area contributed by atoms with Gasteiger partial charge in [0, 0.05) is 6.16 Å². The topological polar surface area (TPSA) is 17.1 Å². The third-order valence-corrected chi connectivity index (χ3v) is 0.387. The molecule has 0 fully saturated rings. The van der Waals surface area contributed by atoms with Gasteiger partial charge in [-0.05, 0) is 0 Å². The lowest BCUT2D eigenvalue weighted by molar-refractivity contribution is 0.599. The van der Waals surface area contributed by atoms with Crippen LogP contribution in [0.15, 0.2) is 0 Å². The van der Waals surface area contributed by atoms with Crippen LogP contribution in [0, 0.1) is 0 Å². The molecule has 0 bridgehead atoms. The molecular formula is C5H17OP. The van der Waals surface area contributed by atoms with Crippen molar-refractivity contribution < 1.29 is 4.57 Å². The van der Waals surface area contributed by atoms with Crippen LogP contribution in [-0.2, 0) is 4.57 Å². The van der Waals surface area contributed by atoms with Crippen molar-refractivity contribution in [3.8, 4) is 0 Å². The predicted molar refractivity (Wildman–Crippen MR) is 38.3 cm³/mol. The van der Waals surface area contributed by atoms with Gasteiger partial charge < -0.3 is 0 Å². The van der Waals surface area contributed by atoms with Crippen molar-refractivity contribution in [2.75, 3.05) is 6.16 Å². The second kappa shape index (κ2) is 36.0. The van der Waals surface area contributed by atoms with Crippen LogP contribution in [-0.4, -0.2) is 6.16 Å². The summed E-state index contributed by atoms with van der Waals surface area (Å²) in [7, 11) is 0.248. The van der Waals surface area contributed by atoms with E-state index in [2.05, 4.69) is 0 Å². The van der Waals surface area contributed by atoms with Gasteiger partial charge in [-0.2, -0.15) is 0 Å². The molecule has 0 atom stereocenters. The van der Waals surface area contributed by atoms with Crippen LogP contribution >= 0.6 is 8.46 Å². The van der Waals surface area contributed by atoms with Gasteiger partial charge in [0.25, 0.3) is 0 Å². The SMILES string of the molecule is C.C.C.CCP=O. The lowest BCUT2D eigenvalue weighted by Crippen LogP contribution is -1.39. The van der Waals surface area contributed by atoms with E-state index in [4.69, 9.17) is 0 Å². The number of hydrogen-bond acceptors (Lipinski definition) is 1. The van der Waals surface area contributed by atoms with Gasteiger partial charge in [-0.25, -0.2) is 0 Å². The van der Waals surface area contributed by atoms with Gasteiger partial charge in [0.1, 0.15) is 0 Å². The van der Waals surface area contributed by atoms with Crippen LogP contribution in [0.25, 0.3) is 0 Å². The number of rotatable bonds is 1. The lowest BCUT2D eigenvalue weighted by atomic mass is 11.0. The van der Waals surface area contributed by atoms with Gasteiger partial charge in [-0.3, -0.25) is 4.57 Å². The Morgan fingerprint density at radius 1 is 1.29 bits per heavy atom. The molecule has 0 saturated carbocycles. The quantitative estimate of drug-likeness (QED) is 0.490. The predicted octanol–water partition coefficient (Wildman–Crippen LogP) is 3.21. The Morgan fingerprint density at radius 3 is 1.43 bits per heavy atom. The maximum absolute atomic E-state index is 9.27. The molecule has 1 nitrogen and oxygen atoms in total. The van der Waals surface area contributed by atoms with Gasteiger partial charge in [-0.15, -0.1) is 0 Å². The van der Waals surface area contributed by atoms with Crippen molar-refractivity contribution in [3.05, 3.63) is 0 Å². The third kappa shape index (κ3) is 84.7. The Balaban J connectivity index is -0.0000000150. The first kappa shape index (κ1) is 27.5. The third-order valence-electron chi connectivity index (χ3n) is 0.129. The lowest BCUT2D eigenvalue weighted by Gasteiger charge is -1.49. The molecule has 0 saturated heterocycles. The molecule has 0 aromatic carbocycles. The summed E-state index contributed by atoms with van der Waals surface area (Å²) in [5.41, 5.74) is 0. The van der Waals surface area contributed by atoms with Crippen LogP contribution in [0.2, 0.25) is 0 Å². The van der Waals surface area contributed by atoms with Crippen molar-refractivity contribution in [1.29, 1.82) is 0 Å². The summed E-state index contributed by atoms with van der Waals surface area (Å²) in [5, 5.41) is 0. The highest BCUT2D eigenvalue weighted by Crippen LogP contribution is 1.82. The maximum Gasteiger partial charge on any atom is 0.154 e. The first-order valence-corrected chi connectivity index (χ1v) is 2.20. The van der Waals surface area contributed by atoms with Crippen LogP contribution in [0.5, 0.6) is 0 Å². The highest BCUT2D eigenvalue weighted by atomic mass is 31.1. The average molecular weight is 124 g/mol. The van der Waals surface area contributed by atoms with Crippen molar-refractivity contribution in [3.63, 3.8) is 0 Å². The zero-order chi connectivity index (χ0) is 3.41. The van der Waals surface area contributed by atoms with Crippen LogP contribution < -0.4 is 0 Å². The van der Waals surface area contributed by atoms with Gasteiger partial charge in [0.05, 0.1) is 0 Å². The zero-order valence-corrected chi connectivity index (χ0v) is 3.46. The summed E-state index contributed by atoms with van der Waals surface area (Å²) < 4.78 is 9.27. The molecule has 0 aromatic rings. The largest absolute Gasteiger partial charge is 0.275 e. The normalized spacial score (nSPS) is 4.71. The van der Waals surface area contributed by atoms with Gasteiger partial charge in [0.15, 0.2) is 8.46 Å². The summed E-state index contributed by atoms with van der Waals surface area (Å²) in [6.07, 6.45) is 0.736. The molecule has 0 amide bonds. The van der Waals surface area contributed by atoms with Crippen molar-refractivity contribution >= 4 is 8.46 Å². The Kier molecular flexibility index (Phi) is 141. The van der Waals surface area contributed by atoms with Gasteiger partial charge in [-0.1, -0.05) is 29.2 Å². The molecule has 0 aliphatic rings. The molecule has 2 heteroatoms. The first-order valence-electron chi connectivity index (χ1n) is 1.21. The molecule has 48 valence electrons. The van der Waals surface area contributed by atoms with Crippen LogP contribution in [0.4, 0.5) is 0 Å². The summed E-state index contributed by atoms with van der Waals surface area (Å²) in [6.45, 7) is 1.86. The molecular weight excluding hydrogens is 107 g/mol. The molecule has 0 unspecified atom stereocenters. The first-order chi connectivity index (χ1) is 1.91. The van der Waals surface area contributed by atoms with E-state index < -0.39 is 0 Å². The average Bonchev–Trinajstić information content (AvgIpc) is 1.37. The molecule has 0 aliphatic heterocycles. The minimum Gasteiger partial charge on any atom is -0.275 e. The van der Waals surface area contributed by atoms with Crippen molar-refractivity contribution in [1.82, 2.24) is 0 Å². The Hall–Kier alpha value is 0.100. The van der Waals surface area contributed by atoms with Crippen LogP contribution in [0.1, 0.15) is 29.2 Å². The summed E-state index contributed by atoms with van der Waals surface area (Å²) >= 11 is 0. The summed E-state index contributed by atoms with van der Waals surface area (Å²) in [5.74, 6) is 0. The summed E-state index contributed by atoms with van der Waals surface area (Å²) in [6, 6.07) is 0. The maximum atomic E-state index is 9.27. The highest BCUT2D eigenvalue weighted by molar-refractivity contribution is 7.23. The fourth-order valence-electron chi connectivity index (χ4n) is 0. The molecule has 7 heavy (non-hydrogen) atoms. The minimum absolute atomic E-state index is 0. The van der Waals surface area contributed by atoms with Gasteiger partial charge >= 0.3 is 0 Å². The monoisotopic (exact) mass is 124 g/mol. The molecule has 0 spiro atoms. The summed E-state index contributed by atoms with van der Waals surface area (Å²) in [4.78, 5) is 0. The molecule has 0 heterocycles. The zero-order valence-electron chi connectivity index (χ0n) is 2.56. The van der Waals surface area contributed by atoms with E-state index in [1.54, 1.807) is 0 Å². The standard InChI is InChI=1S/C2H5OP.3CH4/c1-2-4-3;;;/h2H2,1H3;3*1H4. The number of hydrogen-bond donors (Lipinski definition) is 0. The molecule has 0 aromatic heterocycles. The van der Waals surface area contributed by atoms with E-state index in [-0.39, 0.29) is 30.7 Å². The van der Waals surface area contributed by atoms with Gasteiger partial charge in [0.2, 0.25) is 0 Å². The van der Waals surface area contributed by atoms with E-state index in [9.17, 15) is 4.57 Å². The fourth-order valence-corrected chi connectivity index (χ4v) is 0. The Morgan fingerprint density at radius 2 is 1.43 bits per heavy atom. The van der Waals surface area contributed by atoms with E-state index >= 15 is 0 Å². The van der Waals surface area contributed by atoms with Crippen molar-refractivity contribution in [2.45, 2.75) is 29.2 Å². The van der Waals surface area contributed by atoms with Crippen LogP contribution in [0.3, 0.4) is 0 Å². The Bertz CT molecular complexity index is 22.0. The fraction of sp³-hybridized carbons (Fsp3) is 1.00. The van der Waals surface area contributed by atoms with E-state index in [1.165, 1.54) is 0 Å². The Labute approximate surface area is 49.3 Å².